The number of hydrogen-bond acceptors (Lipinski definition) is 8. The van der Waals surface area contributed by atoms with Crippen LogP contribution >= 0.6 is 0 Å². The Labute approximate surface area is 273 Å². The van der Waals surface area contributed by atoms with Crippen molar-refractivity contribution in [1.82, 2.24) is 34.5 Å². The van der Waals surface area contributed by atoms with Gasteiger partial charge in [-0.1, -0.05) is 36.4 Å². The summed E-state index contributed by atoms with van der Waals surface area (Å²) in [5.41, 5.74) is 7.63. The molecule has 7 heterocycles. The van der Waals surface area contributed by atoms with Crippen molar-refractivity contribution in [2.24, 2.45) is 17.5 Å². The first-order valence-corrected chi connectivity index (χ1v) is 16.3. The Hall–Kier alpha value is -5.03. The van der Waals surface area contributed by atoms with Gasteiger partial charge in [-0.05, 0) is 62.1 Å². The molecule has 0 N–H and O–H groups in total. The molecule has 1 aromatic carbocycles. The third kappa shape index (κ3) is 5.44. The standard InChI is InChI=1S/C36H37N9O2/c1-24-19-28(9-14-37-24)32-33-29(20-38-32)7-8-30(40-33)45-18-13-36(35(45)47)12-17-43(22-36)21-31(46)44-15-10-26(11-16-44)25-3-5-27(6-4-25)34-39-23-42(2)41-34/h3-10,14,19,23H,11-13,15-18,20-22H2,1-2H3/t36-/m0/s1. The molecule has 0 radical (unpaired) electrons. The van der Waals surface area contributed by atoms with Crippen molar-refractivity contribution in [2.75, 3.05) is 44.2 Å². The Morgan fingerprint density at radius 1 is 0.957 bits per heavy atom. The van der Waals surface area contributed by atoms with Crippen LogP contribution in [0.1, 0.15) is 47.3 Å². The van der Waals surface area contributed by atoms with Crippen LogP contribution in [0.4, 0.5) is 5.82 Å². The highest BCUT2D eigenvalue weighted by atomic mass is 16.2. The number of fused-ring (bicyclic) bond motifs is 1. The van der Waals surface area contributed by atoms with Crippen LogP contribution in [-0.2, 0) is 23.2 Å². The minimum atomic E-state index is -0.466. The number of rotatable bonds is 6. The Morgan fingerprint density at radius 3 is 2.55 bits per heavy atom. The van der Waals surface area contributed by atoms with Gasteiger partial charge in [0.15, 0.2) is 5.82 Å². The molecule has 0 bridgehead atoms. The normalized spacial score (nSPS) is 21.0. The highest BCUT2D eigenvalue weighted by Gasteiger charge is 2.51. The molecule has 2 fully saturated rings. The molecule has 4 aliphatic rings. The van der Waals surface area contributed by atoms with E-state index >= 15 is 0 Å². The van der Waals surface area contributed by atoms with Gasteiger partial charge in [0.05, 0.1) is 29.9 Å². The molecule has 11 heteroatoms. The number of aryl methyl sites for hydroxylation is 2. The molecule has 47 heavy (non-hydrogen) atoms. The third-order valence-corrected chi connectivity index (χ3v) is 10.0. The zero-order chi connectivity index (χ0) is 32.1. The maximum absolute atomic E-state index is 13.9. The number of anilines is 1. The SMILES string of the molecule is Cc1cc(C2=NCc3ccc(N4CC[C@]5(CCN(CC(=O)N6CC=C(c7ccc(-c8ncn(C)n8)cc7)CC6)C5)C4=O)nc32)ccn1. The highest BCUT2D eigenvalue weighted by Crippen LogP contribution is 2.42. The van der Waals surface area contributed by atoms with Gasteiger partial charge in [-0.3, -0.25) is 34.0 Å². The molecular weight excluding hydrogens is 590 g/mol. The van der Waals surface area contributed by atoms with Gasteiger partial charge in [0.25, 0.3) is 0 Å². The average Bonchev–Trinajstić information content (AvgIpc) is 3.88. The predicted octanol–water partition coefficient (Wildman–Crippen LogP) is 3.68. The molecule has 1 spiro atoms. The van der Waals surface area contributed by atoms with Crippen LogP contribution in [0.5, 0.6) is 0 Å². The number of amides is 2. The Kier molecular flexibility index (Phi) is 7.28. The van der Waals surface area contributed by atoms with E-state index in [0.717, 1.165) is 65.2 Å². The van der Waals surface area contributed by atoms with E-state index in [0.29, 0.717) is 50.9 Å². The zero-order valence-corrected chi connectivity index (χ0v) is 26.8. The van der Waals surface area contributed by atoms with E-state index in [1.165, 1.54) is 5.57 Å². The summed E-state index contributed by atoms with van der Waals surface area (Å²) >= 11 is 0. The van der Waals surface area contributed by atoms with Gasteiger partial charge < -0.3 is 4.90 Å². The van der Waals surface area contributed by atoms with Crippen LogP contribution < -0.4 is 4.90 Å². The predicted molar refractivity (Wildman–Crippen MR) is 179 cm³/mol. The summed E-state index contributed by atoms with van der Waals surface area (Å²) in [5, 5.41) is 4.38. The summed E-state index contributed by atoms with van der Waals surface area (Å²) in [7, 11) is 1.86. The second-order valence-electron chi connectivity index (χ2n) is 13.1. The molecule has 1 atom stereocenters. The number of aliphatic imine (C=N–C) groups is 1. The average molecular weight is 628 g/mol. The minimum absolute atomic E-state index is 0.117. The Bertz CT molecular complexity index is 1950. The molecule has 8 rings (SSSR count). The largest absolute Gasteiger partial charge is 0.338 e. The molecule has 2 saturated heterocycles. The number of pyridine rings is 2. The van der Waals surface area contributed by atoms with Crippen LogP contribution in [0, 0.1) is 12.3 Å². The lowest BCUT2D eigenvalue weighted by atomic mass is 9.85. The van der Waals surface area contributed by atoms with E-state index in [4.69, 9.17) is 9.98 Å². The van der Waals surface area contributed by atoms with Crippen LogP contribution in [0.3, 0.4) is 0 Å². The molecule has 238 valence electrons. The van der Waals surface area contributed by atoms with E-state index in [-0.39, 0.29) is 11.8 Å². The second kappa shape index (κ2) is 11.6. The molecule has 4 aromatic rings. The number of nitrogens with zero attached hydrogens (tertiary/aromatic N) is 9. The van der Waals surface area contributed by atoms with Crippen molar-refractivity contribution in [3.8, 4) is 11.4 Å². The zero-order valence-electron chi connectivity index (χ0n) is 26.8. The molecule has 0 unspecified atom stereocenters. The summed E-state index contributed by atoms with van der Waals surface area (Å²) < 4.78 is 1.70. The first-order chi connectivity index (χ1) is 22.8. The van der Waals surface area contributed by atoms with Crippen LogP contribution in [0.15, 0.2) is 72.1 Å². The molecule has 11 nitrogen and oxygen atoms in total. The molecular formula is C36H37N9O2. The Balaban J connectivity index is 0.885. The maximum atomic E-state index is 13.9. The van der Waals surface area contributed by atoms with E-state index in [1.807, 2.05) is 60.2 Å². The van der Waals surface area contributed by atoms with Gasteiger partial charge in [-0.25, -0.2) is 9.97 Å². The molecule has 2 amide bonds. The number of hydrogen-bond donors (Lipinski definition) is 0. The summed E-state index contributed by atoms with van der Waals surface area (Å²) in [4.78, 5) is 51.6. The number of benzene rings is 1. The second-order valence-corrected chi connectivity index (χ2v) is 13.1. The molecule has 0 aliphatic carbocycles. The van der Waals surface area contributed by atoms with E-state index < -0.39 is 5.41 Å². The van der Waals surface area contributed by atoms with Crippen molar-refractivity contribution in [1.29, 1.82) is 0 Å². The van der Waals surface area contributed by atoms with Gasteiger partial charge in [0.1, 0.15) is 12.1 Å². The lowest BCUT2D eigenvalue weighted by molar-refractivity contribution is -0.132. The minimum Gasteiger partial charge on any atom is -0.338 e. The number of aromatic nitrogens is 5. The summed E-state index contributed by atoms with van der Waals surface area (Å²) in [6, 6.07) is 16.3. The lowest BCUT2D eigenvalue weighted by Crippen LogP contribution is -2.43. The maximum Gasteiger partial charge on any atom is 0.237 e. The van der Waals surface area contributed by atoms with Crippen molar-refractivity contribution >= 4 is 28.9 Å². The van der Waals surface area contributed by atoms with Gasteiger partial charge >= 0.3 is 0 Å². The third-order valence-electron chi connectivity index (χ3n) is 10.0. The molecule has 4 aliphatic heterocycles. The molecule has 0 saturated carbocycles. The van der Waals surface area contributed by atoms with Gasteiger partial charge in [-0.2, -0.15) is 5.10 Å². The van der Waals surface area contributed by atoms with Crippen molar-refractivity contribution < 1.29 is 9.59 Å². The van der Waals surface area contributed by atoms with Gasteiger partial charge in [0, 0.05) is 61.8 Å². The smallest absolute Gasteiger partial charge is 0.237 e. The Morgan fingerprint density at radius 2 is 1.79 bits per heavy atom. The fourth-order valence-electron chi connectivity index (χ4n) is 7.39. The number of carbonyl (C=O) groups is 2. The summed E-state index contributed by atoms with van der Waals surface area (Å²) in [5.74, 6) is 1.63. The number of likely N-dealkylation sites (tertiary alicyclic amines) is 1. The highest BCUT2D eigenvalue weighted by molar-refractivity contribution is 6.14. The summed E-state index contributed by atoms with van der Waals surface area (Å²) in [6.45, 7) is 6.16. The van der Waals surface area contributed by atoms with Crippen LogP contribution in [-0.4, -0.2) is 91.3 Å². The summed E-state index contributed by atoms with van der Waals surface area (Å²) in [6.07, 6.45) is 7.99. The van der Waals surface area contributed by atoms with Gasteiger partial charge in [0.2, 0.25) is 11.8 Å². The first-order valence-electron chi connectivity index (χ1n) is 16.3. The van der Waals surface area contributed by atoms with Crippen LogP contribution in [0.2, 0.25) is 0 Å². The van der Waals surface area contributed by atoms with Crippen molar-refractivity contribution in [2.45, 2.75) is 32.7 Å². The first kappa shape index (κ1) is 29.4. The number of carbonyl (C=O) groups excluding carboxylic acids is 2. The fourth-order valence-corrected chi connectivity index (χ4v) is 7.39. The van der Waals surface area contributed by atoms with Crippen molar-refractivity contribution in [3.63, 3.8) is 0 Å². The van der Waals surface area contributed by atoms with Crippen LogP contribution in [0.25, 0.3) is 17.0 Å². The van der Waals surface area contributed by atoms with E-state index in [1.54, 1.807) is 17.2 Å². The quantitative estimate of drug-likeness (QED) is 0.321. The fraction of sp³-hybridized carbons (Fsp3) is 0.361. The van der Waals surface area contributed by atoms with E-state index in [9.17, 15) is 9.59 Å². The molecule has 3 aromatic heterocycles. The monoisotopic (exact) mass is 627 g/mol. The topological polar surface area (TPSA) is 113 Å². The van der Waals surface area contributed by atoms with Gasteiger partial charge in [-0.15, -0.1) is 0 Å². The lowest BCUT2D eigenvalue weighted by Gasteiger charge is -2.29. The van der Waals surface area contributed by atoms with Crippen molar-refractivity contribution in [3.05, 3.63) is 95.2 Å². The van der Waals surface area contributed by atoms with E-state index in [2.05, 4.69) is 38.2 Å².